The van der Waals surface area contributed by atoms with Crippen LogP contribution in [0.4, 0.5) is 5.69 Å². The first-order valence-corrected chi connectivity index (χ1v) is 9.43. The number of thiocarbonyl (C=S) groups is 1. The number of benzene rings is 2. The monoisotopic (exact) mass is 388 g/mol. The van der Waals surface area contributed by atoms with Crippen molar-refractivity contribution >= 4 is 23.0 Å². The summed E-state index contributed by atoms with van der Waals surface area (Å²) in [6.45, 7) is 8.56. The maximum Gasteiger partial charge on any atom is 0.171 e. The van der Waals surface area contributed by atoms with Crippen molar-refractivity contribution in [3.05, 3.63) is 48.0 Å². The topological polar surface area (TPSA) is 51.8 Å². The van der Waals surface area contributed by atoms with Crippen molar-refractivity contribution in [3.63, 3.8) is 0 Å². The number of ether oxygens (including phenoxy) is 3. The molecule has 2 N–H and O–H groups in total. The fraction of sp³-hybridized carbons (Fsp3) is 0.381. The largest absolute Gasteiger partial charge is 0.493 e. The van der Waals surface area contributed by atoms with E-state index in [-0.39, 0.29) is 12.2 Å². The zero-order valence-electron chi connectivity index (χ0n) is 16.5. The summed E-state index contributed by atoms with van der Waals surface area (Å²) in [5.74, 6) is 2.29. The minimum atomic E-state index is 0.0944. The smallest absolute Gasteiger partial charge is 0.171 e. The molecule has 0 amide bonds. The van der Waals surface area contributed by atoms with Crippen molar-refractivity contribution in [2.45, 2.75) is 46.4 Å². The van der Waals surface area contributed by atoms with E-state index in [0.717, 1.165) is 22.7 Å². The van der Waals surface area contributed by atoms with E-state index < -0.39 is 0 Å². The number of nitrogens with one attached hydrogen (secondary N) is 2. The van der Waals surface area contributed by atoms with Crippen molar-refractivity contribution in [2.75, 3.05) is 12.4 Å². The molecule has 6 heteroatoms. The predicted molar refractivity (Wildman–Crippen MR) is 114 cm³/mol. The number of anilines is 1. The van der Waals surface area contributed by atoms with E-state index in [1.807, 2.05) is 70.2 Å². The number of rotatable bonds is 8. The van der Waals surface area contributed by atoms with Crippen LogP contribution in [0.5, 0.6) is 17.2 Å². The Morgan fingerprint density at radius 3 is 2.19 bits per heavy atom. The lowest BCUT2D eigenvalue weighted by Gasteiger charge is -2.15. The van der Waals surface area contributed by atoms with Gasteiger partial charge in [-0.2, -0.15) is 0 Å². The fourth-order valence-electron chi connectivity index (χ4n) is 2.42. The second-order valence-electron chi connectivity index (χ2n) is 6.65. The van der Waals surface area contributed by atoms with Gasteiger partial charge in [0, 0.05) is 12.2 Å². The maximum atomic E-state index is 5.74. The second-order valence-corrected chi connectivity index (χ2v) is 7.06. The minimum absolute atomic E-state index is 0.0944. The maximum absolute atomic E-state index is 5.74. The third-order valence-electron chi connectivity index (χ3n) is 3.53. The van der Waals surface area contributed by atoms with Crippen LogP contribution in [-0.4, -0.2) is 24.4 Å². The Balaban J connectivity index is 1.89. The second kappa shape index (κ2) is 10.0. The molecule has 0 atom stereocenters. The Labute approximate surface area is 167 Å². The SMILES string of the molecule is COc1cc(CNC(=S)Nc2ccc(OC(C)C)cc2)ccc1OC(C)C. The Morgan fingerprint density at radius 2 is 1.59 bits per heavy atom. The molecule has 0 bridgehead atoms. The van der Waals surface area contributed by atoms with Gasteiger partial charge in [-0.1, -0.05) is 6.07 Å². The van der Waals surface area contributed by atoms with Crippen molar-refractivity contribution in [2.24, 2.45) is 0 Å². The van der Waals surface area contributed by atoms with Crippen molar-refractivity contribution in [3.8, 4) is 17.2 Å². The number of hydrogen-bond donors (Lipinski definition) is 2. The molecule has 2 aromatic carbocycles. The molecule has 2 rings (SSSR count). The molecule has 0 aliphatic carbocycles. The van der Waals surface area contributed by atoms with Gasteiger partial charge in [0.25, 0.3) is 0 Å². The lowest BCUT2D eigenvalue weighted by Crippen LogP contribution is -2.27. The zero-order valence-corrected chi connectivity index (χ0v) is 17.4. The van der Waals surface area contributed by atoms with Crippen molar-refractivity contribution in [1.82, 2.24) is 5.32 Å². The summed E-state index contributed by atoms with van der Waals surface area (Å²) in [6.07, 6.45) is 0.248. The van der Waals surface area contributed by atoms with E-state index >= 15 is 0 Å². The van der Waals surface area contributed by atoms with Crippen molar-refractivity contribution in [1.29, 1.82) is 0 Å². The lowest BCUT2D eigenvalue weighted by molar-refractivity contribution is 0.230. The minimum Gasteiger partial charge on any atom is -0.493 e. The average Bonchev–Trinajstić information content (AvgIpc) is 2.61. The van der Waals surface area contributed by atoms with Gasteiger partial charge in [-0.15, -0.1) is 0 Å². The molecule has 0 aliphatic rings. The van der Waals surface area contributed by atoms with Gasteiger partial charge < -0.3 is 24.8 Å². The van der Waals surface area contributed by atoms with Crippen LogP contribution >= 0.6 is 12.2 Å². The molecule has 0 aliphatic heterocycles. The van der Waals surface area contributed by atoms with Gasteiger partial charge >= 0.3 is 0 Å². The predicted octanol–water partition coefficient (Wildman–Crippen LogP) is 4.76. The highest BCUT2D eigenvalue weighted by molar-refractivity contribution is 7.80. The lowest BCUT2D eigenvalue weighted by atomic mass is 10.2. The van der Waals surface area contributed by atoms with Crippen LogP contribution in [0, 0.1) is 0 Å². The molecule has 0 aromatic heterocycles. The molecular formula is C21H28N2O3S. The van der Waals surface area contributed by atoms with Gasteiger partial charge in [-0.3, -0.25) is 0 Å². The van der Waals surface area contributed by atoms with E-state index in [1.165, 1.54) is 0 Å². The Hall–Kier alpha value is -2.47. The standard InChI is InChI=1S/C21H28N2O3S/c1-14(2)25-18-9-7-17(8-10-18)23-21(27)22-13-16-6-11-19(26-15(3)4)20(12-16)24-5/h6-12,14-15H,13H2,1-5H3,(H2,22,23,27). The van der Waals surface area contributed by atoms with Gasteiger partial charge in [0.05, 0.1) is 19.3 Å². The highest BCUT2D eigenvalue weighted by Crippen LogP contribution is 2.29. The van der Waals surface area contributed by atoms with Gasteiger partial charge in [-0.25, -0.2) is 0 Å². The number of hydrogen-bond acceptors (Lipinski definition) is 4. The third kappa shape index (κ3) is 6.98. The summed E-state index contributed by atoms with van der Waals surface area (Å²) in [4.78, 5) is 0. The molecular weight excluding hydrogens is 360 g/mol. The molecule has 27 heavy (non-hydrogen) atoms. The first-order valence-electron chi connectivity index (χ1n) is 9.02. The molecule has 0 radical (unpaired) electrons. The van der Waals surface area contributed by atoms with E-state index in [0.29, 0.717) is 17.4 Å². The molecule has 0 spiro atoms. The van der Waals surface area contributed by atoms with Crippen molar-refractivity contribution < 1.29 is 14.2 Å². The Morgan fingerprint density at radius 1 is 0.926 bits per heavy atom. The molecule has 2 aromatic rings. The summed E-state index contributed by atoms with van der Waals surface area (Å²) in [7, 11) is 1.64. The molecule has 0 saturated carbocycles. The van der Waals surface area contributed by atoms with Crippen LogP contribution in [-0.2, 0) is 6.54 Å². The van der Waals surface area contributed by atoms with Gasteiger partial charge in [-0.05, 0) is 81.9 Å². The van der Waals surface area contributed by atoms with Gasteiger partial charge in [0.15, 0.2) is 16.6 Å². The molecule has 5 nitrogen and oxygen atoms in total. The Bertz CT molecular complexity index is 746. The quantitative estimate of drug-likeness (QED) is 0.636. The third-order valence-corrected chi connectivity index (χ3v) is 3.77. The summed E-state index contributed by atoms with van der Waals surface area (Å²) in [5.41, 5.74) is 1.95. The molecule has 0 unspecified atom stereocenters. The average molecular weight is 389 g/mol. The van der Waals surface area contributed by atoms with Gasteiger partial charge in [0.2, 0.25) is 0 Å². The molecule has 0 heterocycles. The van der Waals surface area contributed by atoms with E-state index in [9.17, 15) is 0 Å². The normalized spacial score (nSPS) is 10.6. The highest BCUT2D eigenvalue weighted by atomic mass is 32.1. The first-order chi connectivity index (χ1) is 12.9. The van der Waals surface area contributed by atoms with E-state index in [2.05, 4.69) is 10.6 Å². The number of methoxy groups -OCH3 is 1. The van der Waals surface area contributed by atoms with Crippen LogP contribution in [0.3, 0.4) is 0 Å². The van der Waals surface area contributed by atoms with Gasteiger partial charge in [0.1, 0.15) is 5.75 Å². The summed E-state index contributed by atoms with van der Waals surface area (Å²) in [6, 6.07) is 13.6. The zero-order chi connectivity index (χ0) is 19.8. The Kier molecular flexibility index (Phi) is 7.73. The van der Waals surface area contributed by atoms with Crippen LogP contribution in [0.25, 0.3) is 0 Å². The van der Waals surface area contributed by atoms with Crippen LogP contribution in [0.1, 0.15) is 33.3 Å². The van der Waals surface area contributed by atoms with Crippen LogP contribution < -0.4 is 24.8 Å². The molecule has 0 fully saturated rings. The highest BCUT2D eigenvalue weighted by Gasteiger charge is 2.08. The van der Waals surface area contributed by atoms with E-state index in [1.54, 1.807) is 7.11 Å². The summed E-state index contributed by atoms with van der Waals surface area (Å²) < 4.78 is 16.8. The van der Waals surface area contributed by atoms with Crippen LogP contribution in [0.2, 0.25) is 0 Å². The van der Waals surface area contributed by atoms with Crippen LogP contribution in [0.15, 0.2) is 42.5 Å². The fourth-order valence-corrected chi connectivity index (χ4v) is 2.61. The molecule has 146 valence electrons. The molecule has 0 saturated heterocycles. The summed E-state index contributed by atoms with van der Waals surface area (Å²) in [5, 5.41) is 6.92. The summed E-state index contributed by atoms with van der Waals surface area (Å²) >= 11 is 5.37. The van der Waals surface area contributed by atoms with E-state index in [4.69, 9.17) is 26.4 Å². The first kappa shape index (κ1) is 20.8.